The molecule has 0 fully saturated rings. The van der Waals surface area contributed by atoms with Crippen LogP contribution in [0.1, 0.15) is 54.6 Å². The van der Waals surface area contributed by atoms with E-state index >= 15 is 0 Å². The summed E-state index contributed by atoms with van der Waals surface area (Å²) >= 11 is 0. The molecule has 1 aromatic rings. The van der Waals surface area contributed by atoms with Crippen molar-refractivity contribution < 1.29 is 4.79 Å². The third kappa shape index (κ3) is 2.75. The zero-order valence-electron chi connectivity index (χ0n) is 10.8. The predicted octanol–water partition coefficient (Wildman–Crippen LogP) is 3.30. The highest BCUT2D eigenvalue weighted by atomic mass is 16.1. The average Bonchev–Trinajstić information content (AvgIpc) is 2.82. The smallest absolute Gasteiger partial charge is 0.163 e. The Morgan fingerprint density at radius 1 is 1.24 bits per heavy atom. The van der Waals surface area contributed by atoms with Crippen LogP contribution < -0.4 is 5.32 Å². The number of Topliss-reactive ketones (excluding diaryl/α,β-unsaturated/α-hetero) is 1. The summed E-state index contributed by atoms with van der Waals surface area (Å²) in [6.07, 6.45) is 2.88. The number of hydrogen-bond donors (Lipinski definition) is 1. The molecule has 2 rings (SSSR count). The summed E-state index contributed by atoms with van der Waals surface area (Å²) in [6, 6.07) is 6.14. The maximum absolute atomic E-state index is 12.2. The van der Waals surface area contributed by atoms with Crippen LogP contribution in [0.2, 0.25) is 0 Å². The van der Waals surface area contributed by atoms with Crippen LogP contribution in [0.5, 0.6) is 0 Å². The fourth-order valence-electron chi connectivity index (χ4n) is 2.43. The van der Waals surface area contributed by atoms with Gasteiger partial charge in [-0.15, -0.1) is 0 Å². The van der Waals surface area contributed by atoms with E-state index in [1.165, 1.54) is 11.1 Å². The molecule has 0 bridgehead atoms. The Hall–Kier alpha value is -1.15. The quantitative estimate of drug-likeness (QED) is 0.788. The van der Waals surface area contributed by atoms with E-state index in [1.54, 1.807) is 0 Å². The summed E-state index contributed by atoms with van der Waals surface area (Å²) in [5.41, 5.74) is 3.52. The van der Waals surface area contributed by atoms with Crippen LogP contribution in [0.4, 0.5) is 0 Å². The second kappa shape index (κ2) is 5.46. The van der Waals surface area contributed by atoms with E-state index < -0.39 is 0 Å². The molecule has 0 spiro atoms. The van der Waals surface area contributed by atoms with Crippen molar-refractivity contribution in [1.29, 1.82) is 0 Å². The van der Waals surface area contributed by atoms with E-state index in [4.69, 9.17) is 0 Å². The Morgan fingerprint density at radius 2 is 1.94 bits per heavy atom. The molecule has 1 N–H and O–H groups in total. The molecule has 2 nitrogen and oxygen atoms in total. The number of fused-ring (bicyclic) bond motifs is 1. The van der Waals surface area contributed by atoms with Crippen LogP contribution in [-0.4, -0.2) is 5.78 Å². The van der Waals surface area contributed by atoms with Gasteiger partial charge in [0.05, 0.1) is 0 Å². The highest BCUT2D eigenvalue weighted by Gasteiger charge is 2.15. The van der Waals surface area contributed by atoms with Gasteiger partial charge in [-0.25, -0.2) is 0 Å². The number of hydrogen-bond acceptors (Lipinski definition) is 2. The van der Waals surface area contributed by atoms with Gasteiger partial charge in [0.1, 0.15) is 0 Å². The topological polar surface area (TPSA) is 29.1 Å². The predicted molar refractivity (Wildman–Crippen MR) is 70.0 cm³/mol. The van der Waals surface area contributed by atoms with Gasteiger partial charge in [-0.1, -0.05) is 38.8 Å². The first-order chi connectivity index (χ1) is 8.24. The number of carbonyl (C=O) groups is 1. The van der Waals surface area contributed by atoms with Crippen LogP contribution in [-0.2, 0) is 13.1 Å². The second-order valence-corrected chi connectivity index (χ2v) is 4.90. The van der Waals surface area contributed by atoms with Crippen molar-refractivity contribution in [2.45, 2.75) is 46.2 Å². The third-order valence-corrected chi connectivity index (χ3v) is 3.79. The molecule has 0 aromatic heterocycles. The molecular weight excluding hydrogens is 210 g/mol. The molecule has 1 aromatic carbocycles. The summed E-state index contributed by atoms with van der Waals surface area (Å²) in [4.78, 5) is 12.2. The van der Waals surface area contributed by atoms with Crippen molar-refractivity contribution in [3.05, 3.63) is 34.9 Å². The lowest BCUT2D eigenvalue weighted by Crippen LogP contribution is -2.08. The summed E-state index contributed by atoms with van der Waals surface area (Å²) < 4.78 is 0. The van der Waals surface area contributed by atoms with Crippen molar-refractivity contribution >= 4 is 5.78 Å². The molecule has 1 heterocycles. The van der Waals surface area contributed by atoms with Gasteiger partial charge in [0.15, 0.2) is 5.78 Å². The summed E-state index contributed by atoms with van der Waals surface area (Å²) in [5.74, 6) is 0.835. The first-order valence-corrected chi connectivity index (χ1v) is 6.60. The molecule has 0 saturated carbocycles. The van der Waals surface area contributed by atoms with Gasteiger partial charge >= 0.3 is 0 Å². The molecule has 92 valence electrons. The fraction of sp³-hybridized carbons (Fsp3) is 0.533. The highest BCUT2D eigenvalue weighted by molar-refractivity contribution is 5.96. The lowest BCUT2D eigenvalue weighted by atomic mass is 9.93. The van der Waals surface area contributed by atoms with Crippen molar-refractivity contribution in [3.8, 4) is 0 Å². The normalized spacial score (nSPS) is 14.1. The summed E-state index contributed by atoms with van der Waals surface area (Å²) in [7, 11) is 0. The van der Waals surface area contributed by atoms with Crippen LogP contribution in [0.25, 0.3) is 0 Å². The minimum atomic E-state index is 0.299. The van der Waals surface area contributed by atoms with E-state index in [0.29, 0.717) is 18.1 Å². The van der Waals surface area contributed by atoms with Gasteiger partial charge in [0.25, 0.3) is 0 Å². The number of ketones is 1. The standard InChI is InChI=1S/C15H21NO/c1-3-11(4-2)7-15(17)12-5-6-13-9-16-10-14(13)8-12/h5-6,8,11,16H,3-4,7,9-10H2,1-2H3. The molecule has 1 aliphatic heterocycles. The SMILES string of the molecule is CCC(CC)CC(=O)c1ccc2c(c1)CNC2. The molecule has 0 unspecified atom stereocenters. The Balaban J connectivity index is 2.09. The fourth-order valence-corrected chi connectivity index (χ4v) is 2.43. The zero-order valence-corrected chi connectivity index (χ0v) is 10.8. The Morgan fingerprint density at radius 3 is 2.65 bits per heavy atom. The second-order valence-electron chi connectivity index (χ2n) is 4.90. The Labute approximate surface area is 103 Å². The van der Waals surface area contributed by atoms with Crippen molar-refractivity contribution in [2.24, 2.45) is 5.92 Å². The van der Waals surface area contributed by atoms with E-state index in [0.717, 1.165) is 31.5 Å². The van der Waals surface area contributed by atoms with E-state index in [1.807, 2.05) is 6.07 Å². The van der Waals surface area contributed by atoms with Gasteiger partial charge in [0, 0.05) is 25.1 Å². The molecule has 17 heavy (non-hydrogen) atoms. The Bertz CT molecular complexity index is 407. The van der Waals surface area contributed by atoms with Crippen molar-refractivity contribution in [2.75, 3.05) is 0 Å². The van der Waals surface area contributed by atoms with Crippen molar-refractivity contribution in [1.82, 2.24) is 5.32 Å². The molecule has 0 amide bonds. The Kier molecular flexibility index (Phi) is 3.95. The molecule has 1 aliphatic rings. The van der Waals surface area contributed by atoms with E-state index in [9.17, 15) is 4.79 Å². The largest absolute Gasteiger partial charge is 0.309 e. The number of carbonyl (C=O) groups excluding carboxylic acids is 1. The number of rotatable bonds is 5. The molecule has 0 aliphatic carbocycles. The monoisotopic (exact) mass is 231 g/mol. The maximum atomic E-state index is 12.2. The van der Waals surface area contributed by atoms with Gasteiger partial charge in [-0.2, -0.15) is 0 Å². The minimum Gasteiger partial charge on any atom is -0.309 e. The van der Waals surface area contributed by atoms with Gasteiger partial charge in [-0.05, 0) is 23.1 Å². The molecular formula is C15H21NO. The van der Waals surface area contributed by atoms with Gasteiger partial charge in [-0.3, -0.25) is 4.79 Å². The van der Waals surface area contributed by atoms with E-state index in [2.05, 4.69) is 31.3 Å². The van der Waals surface area contributed by atoms with Crippen LogP contribution in [0.15, 0.2) is 18.2 Å². The zero-order chi connectivity index (χ0) is 12.3. The molecule has 2 heteroatoms. The van der Waals surface area contributed by atoms with Crippen LogP contribution >= 0.6 is 0 Å². The van der Waals surface area contributed by atoms with Crippen LogP contribution in [0.3, 0.4) is 0 Å². The van der Waals surface area contributed by atoms with Crippen LogP contribution in [0, 0.1) is 5.92 Å². The van der Waals surface area contributed by atoms with Crippen molar-refractivity contribution in [3.63, 3.8) is 0 Å². The number of nitrogens with one attached hydrogen (secondary N) is 1. The summed E-state index contributed by atoms with van der Waals surface area (Å²) in [6.45, 7) is 6.17. The summed E-state index contributed by atoms with van der Waals surface area (Å²) in [5, 5.41) is 3.31. The van der Waals surface area contributed by atoms with Gasteiger partial charge < -0.3 is 5.32 Å². The minimum absolute atomic E-state index is 0.299. The number of benzene rings is 1. The molecule has 0 radical (unpaired) electrons. The molecule has 0 atom stereocenters. The first-order valence-electron chi connectivity index (χ1n) is 6.60. The highest BCUT2D eigenvalue weighted by Crippen LogP contribution is 2.21. The first kappa shape index (κ1) is 12.3. The lowest BCUT2D eigenvalue weighted by Gasteiger charge is -2.11. The third-order valence-electron chi connectivity index (χ3n) is 3.79. The molecule has 0 saturated heterocycles. The maximum Gasteiger partial charge on any atom is 0.163 e. The van der Waals surface area contributed by atoms with E-state index in [-0.39, 0.29) is 0 Å². The van der Waals surface area contributed by atoms with Gasteiger partial charge in [0.2, 0.25) is 0 Å². The lowest BCUT2D eigenvalue weighted by molar-refractivity contribution is 0.0958. The average molecular weight is 231 g/mol.